The molecule has 6 rings (SSSR count). The van der Waals surface area contributed by atoms with E-state index in [1.165, 1.54) is 55.7 Å². The zero-order valence-corrected chi connectivity index (χ0v) is 22.3. The van der Waals surface area contributed by atoms with Gasteiger partial charge in [0.25, 0.3) is 0 Å². The Morgan fingerprint density at radius 3 is 1.27 bits per heavy atom. The van der Waals surface area contributed by atoms with Gasteiger partial charge < -0.3 is 0 Å². The second-order valence-corrected chi connectivity index (χ2v) is 11.1. The number of hydrogen-bond acceptors (Lipinski definition) is 0. The molecule has 0 saturated carbocycles. The first kappa shape index (κ1) is 23.8. The van der Waals surface area contributed by atoms with Crippen molar-refractivity contribution in [3.8, 4) is 22.3 Å². The zero-order valence-electron chi connectivity index (χ0n) is 22.3. The van der Waals surface area contributed by atoms with Crippen LogP contribution in [0.5, 0.6) is 0 Å². The molecule has 2 aliphatic carbocycles. The van der Waals surface area contributed by atoms with E-state index >= 15 is 0 Å². The van der Waals surface area contributed by atoms with Crippen LogP contribution in [-0.4, -0.2) is 7.28 Å². The van der Waals surface area contributed by atoms with Crippen LogP contribution in [0.25, 0.3) is 34.4 Å². The maximum absolute atomic E-state index is 2.65. The molecule has 2 atom stereocenters. The van der Waals surface area contributed by atoms with E-state index in [4.69, 9.17) is 0 Å². The van der Waals surface area contributed by atoms with E-state index in [0.717, 1.165) is 0 Å². The van der Waals surface area contributed by atoms with E-state index in [1.54, 1.807) is 0 Å². The van der Waals surface area contributed by atoms with Crippen molar-refractivity contribution in [1.82, 2.24) is 0 Å². The summed E-state index contributed by atoms with van der Waals surface area (Å²) < 4.78 is 0. The molecule has 1 radical (unpaired) electrons. The molecule has 4 aromatic rings. The first-order chi connectivity index (χ1) is 18.0. The molecule has 4 aromatic carbocycles. The largest absolute Gasteiger partial charge is 0.140 e. The average molecular weight is 477 g/mol. The Kier molecular flexibility index (Phi) is 6.25. The predicted octanol–water partition coefficient (Wildman–Crippen LogP) is 9.61. The van der Waals surface area contributed by atoms with Gasteiger partial charge in [-0.05, 0) is 68.0 Å². The standard InChI is InChI=1S/C36H34B/c1-23(2)31-21-33-27(25-13-7-5-8-14-25)17-11-19-29(33)35(31)37-36-30-20-12-18-28(26-15-9-6-10-16-26)34(30)22-32(36)24(3)4/h5-24,35-36H,1-4H3. The van der Waals surface area contributed by atoms with Crippen molar-refractivity contribution in [2.45, 2.75) is 39.3 Å². The van der Waals surface area contributed by atoms with Crippen molar-refractivity contribution in [1.29, 1.82) is 0 Å². The van der Waals surface area contributed by atoms with E-state index in [0.29, 0.717) is 23.5 Å². The van der Waals surface area contributed by atoms with Gasteiger partial charge in [0, 0.05) is 0 Å². The summed E-state index contributed by atoms with van der Waals surface area (Å²) in [5, 5.41) is 0. The van der Waals surface area contributed by atoms with Gasteiger partial charge >= 0.3 is 0 Å². The Hall–Kier alpha value is -3.58. The minimum atomic E-state index is 0.317. The predicted molar refractivity (Wildman–Crippen MR) is 161 cm³/mol. The first-order valence-corrected chi connectivity index (χ1v) is 13.7. The van der Waals surface area contributed by atoms with E-state index in [2.05, 4.69) is 144 Å². The Morgan fingerprint density at radius 2 is 0.892 bits per heavy atom. The lowest BCUT2D eigenvalue weighted by atomic mass is 9.47. The lowest BCUT2D eigenvalue weighted by Gasteiger charge is -2.26. The Labute approximate surface area is 223 Å². The monoisotopic (exact) mass is 477 g/mol. The lowest BCUT2D eigenvalue weighted by molar-refractivity contribution is 0.724. The number of rotatable bonds is 6. The minimum Gasteiger partial charge on any atom is -0.0675 e. The van der Waals surface area contributed by atoms with Crippen molar-refractivity contribution in [2.75, 3.05) is 0 Å². The fourth-order valence-corrected chi connectivity index (χ4v) is 6.32. The third-order valence-corrected chi connectivity index (χ3v) is 8.18. The summed E-state index contributed by atoms with van der Waals surface area (Å²) in [6, 6.07) is 35.4. The molecule has 0 N–H and O–H groups in total. The summed E-state index contributed by atoms with van der Waals surface area (Å²) >= 11 is 0. The highest BCUT2D eigenvalue weighted by atomic mass is 14.3. The highest BCUT2D eigenvalue weighted by Crippen LogP contribution is 2.49. The van der Waals surface area contributed by atoms with Crippen LogP contribution >= 0.6 is 0 Å². The van der Waals surface area contributed by atoms with Gasteiger partial charge in [0.15, 0.2) is 0 Å². The van der Waals surface area contributed by atoms with E-state index < -0.39 is 0 Å². The third kappa shape index (κ3) is 4.21. The molecule has 1 heteroatoms. The molecule has 0 amide bonds. The molecular formula is C36H34B. The molecule has 181 valence electrons. The Balaban J connectivity index is 1.44. The van der Waals surface area contributed by atoms with Crippen molar-refractivity contribution in [3.63, 3.8) is 0 Å². The lowest BCUT2D eigenvalue weighted by Crippen LogP contribution is -2.21. The van der Waals surface area contributed by atoms with E-state index in [9.17, 15) is 0 Å². The average Bonchev–Trinajstić information content (AvgIpc) is 3.49. The van der Waals surface area contributed by atoms with Gasteiger partial charge in [-0.2, -0.15) is 0 Å². The highest BCUT2D eigenvalue weighted by molar-refractivity contribution is 6.44. The van der Waals surface area contributed by atoms with Crippen LogP contribution in [0, 0.1) is 11.8 Å². The van der Waals surface area contributed by atoms with Crippen LogP contribution in [0.3, 0.4) is 0 Å². The third-order valence-electron chi connectivity index (χ3n) is 8.18. The summed E-state index contributed by atoms with van der Waals surface area (Å²) in [5.41, 5.74) is 14.0. The van der Waals surface area contributed by atoms with Crippen LogP contribution in [0.2, 0.25) is 0 Å². The zero-order chi connectivity index (χ0) is 25.5. The summed E-state index contributed by atoms with van der Waals surface area (Å²) in [4.78, 5) is 0. The molecular weight excluding hydrogens is 443 g/mol. The quantitative estimate of drug-likeness (QED) is 0.243. The summed E-state index contributed by atoms with van der Waals surface area (Å²) in [6.45, 7) is 9.37. The van der Waals surface area contributed by atoms with Crippen molar-refractivity contribution >= 4 is 19.4 Å². The van der Waals surface area contributed by atoms with Crippen molar-refractivity contribution in [2.24, 2.45) is 11.8 Å². The van der Waals surface area contributed by atoms with Gasteiger partial charge in [-0.3, -0.25) is 0 Å². The SMILES string of the molecule is CC(C)C1=Cc2c(-c3ccccc3)cccc2C1[B]C1C(C(C)C)=Cc2c(-c3ccccc3)cccc21. The van der Waals surface area contributed by atoms with Crippen LogP contribution in [0.15, 0.2) is 108 Å². The molecule has 0 aromatic heterocycles. The van der Waals surface area contributed by atoms with Crippen LogP contribution < -0.4 is 0 Å². The van der Waals surface area contributed by atoms with Crippen LogP contribution in [-0.2, 0) is 0 Å². The molecule has 0 heterocycles. The maximum atomic E-state index is 2.65. The summed E-state index contributed by atoms with van der Waals surface area (Å²) in [6.07, 6.45) is 4.97. The number of allylic oxidation sites excluding steroid dienone is 2. The van der Waals surface area contributed by atoms with Crippen LogP contribution in [0.4, 0.5) is 0 Å². The molecule has 37 heavy (non-hydrogen) atoms. The topological polar surface area (TPSA) is 0 Å². The Bertz CT molecular complexity index is 1370. The highest BCUT2D eigenvalue weighted by Gasteiger charge is 2.36. The Morgan fingerprint density at radius 1 is 0.486 bits per heavy atom. The fourth-order valence-electron chi connectivity index (χ4n) is 6.32. The van der Waals surface area contributed by atoms with Gasteiger partial charge in [0.2, 0.25) is 0 Å². The van der Waals surface area contributed by atoms with Gasteiger partial charge in [-0.15, -0.1) is 0 Å². The molecule has 2 aliphatic rings. The van der Waals surface area contributed by atoms with Gasteiger partial charge in [0.05, 0.1) is 0 Å². The molecule has 0 spiro atoms. The second-order valence-electron chi connectivity index (χ2n) is 11.1. The van der Waals surface area contributed by atoms with Crippen molar-refractivity contribution in [3.05, 3.63) is 130 Å². The van der Waals surface area contributed by atoms with Gasteiger partial charge in [-0.25, -0.2) is 0 Å². The van der Waals surface area contributed by atoms with E-state index in [-0.39, 0.29) is 0 Å². The number of hydrogen-bond donors (Lipinski definition) is 0. The normalized spacial score (nSPS) is 18.0. The molecule has 0 fully saturated rings. The maximum Gasteiger partial charge on any atom is 0.140 e. The van der Waals surface area contributed by atoms with Gasteiger partial charge in [-0.1, -0.05) is 148 Å². The van der Waals surface area contributed by atoms with Crippen molar-refractivity contribution < 1.29 is 0 Å². The molecule has 0 aliphatic heterocycles. The summed E-state index contributed by atoms with van der Waals surface area (Å²) in [5.74, 6) is 1.61. The van der Waals surface area contributed by atoms with E-state index in [1.807, 2.05) is 0 Å². The van der Waals surface area contributed by atoms with Crippen LogP contribution in [0.1, 0.15) is 61.6 Å². The van der Waals surface area contributed by atoms with Gasteiger partial charge in [0.1, 0.15) is 7.28 Å². The summed E-state index contributed by atoms with van der Waals surface area (Å²) in [7, 11) is 2.65. The molecule has 0 saturated heterocycles. The molecule has 0 bridgehead atoms. The number of fused-ring (bicyclic) bond motifs is 2. The number of benzene rings is 4. The smallest absolute Gasteiger partial charge is 0.0675 e. The molecule has 0 nitrogen and oxygen atoms in total. The first-order valence-electron chi connectivity index (χ1n) is 13.7. The minimum absolute atomic E-state index is 0.317. The second kappa shape index (κ2) is 9.71. The fraction of sp³-hybridized carbons (Fsp3) is 0.222. The molecule has 2 unspecified atom stereocenters.